The lowest BCUT2D eigenvalue weighted by Gasteiger charge is -2.26. The van der Waals surface area contributed by atoms with E-state index in [-0.39, 0.29) is 17.9 Å². The highest BCUT2D eigenvalue weighted by molar-refractivity contribution is 6.46. The van der Waals surface area contributed by atoms with Crippen LogP contribution < -0.4 is 4.74 Å². The van der Waals surface area contributed by atoms with Gasteiger partial charge in [0.2, 0.25) is 0 Å². The molecule has 7 nitrogen and oxygen atoms in total. The SMILES string of the molecule is CCCOC(=O)c1ccc(CN2C(=O)C(=O)/C(=C(\O)c3ccc(OC)c(C)c3)C2c2cccc(C)c2)cc1. The number of carbonyl (C=O) groups is 3. The summed E-state index contributed by atoms with van der Waals surface area (Å²) >= 11 is 0. The van der Waals surface area contributed by atoms with Crippen LogP contribution in [0.5, 0.6) is 5.75 Å². The summed E-state index contributed by atoms with van der Waals surface area (Å²) in [7, 11) is 1.56. The summed E-state index contributed by atoms with van der Waals surface area (Å²) in [5.74, 6) is -1.44. The number of methoxy groups -OCH3 is 1. The van der Waals surface area contributed by atoms with Crippen molar-refractivity contribution >= 4 is 23.4 Å². The van der Waals surface area contributed by atoms with E-state index in [4.69, 9.17) is 9.47 Å². The zero-order valence-electron chi connectivity index (χ0n) is 22.0. The molecule has 3 aromatic rings. The number of esters is 1. The Balaban J connectivity index is 1.75. The van der Waals surface area contributed by atoms with Crippen molar-refractivity contribution in [3.05, 3.63) is 106 Å². The summed E-state index contributed by atoms with van der Waals surface area (Å²) in [6.07, 6.45) is 0.730. The molecule has 1 fully saturated rings. The Kier molecular flexibility index (Phi) is 7.96. The Morgan fingerprint density at radius 2 is 1.68 bits per heavy atom. The van der Waals surface area contributed by atoms with Crippen LogP contribution in [0, 0.1) is 13.8 Å². The molecule has 1 N–H and O–H groups in total. The monoisotopic (exact) mass is 513 g/mol. The first-order valence-electron chi connectivity index (χ1n) is 12.5. The van der Waals surface area contributed by atoms with Gasteiger partial charge in [0.25, 0.3) is 11.7 Å². The molecule has 1 heterocycles. The molecule has 0 aromatic heterocycles. The number of carbonyl (C=O) groups excluding carboxylic acids is 3. The molecule has 0 bridgehead atoms. The minimum absolute atomic E-state index is 0.0323. The van der Waals surface area contributed by atoms with Crippen molar-refractivity contribution in [1.82, 2.24) is 4.90 Å². The number of amides is 1. The van der Waals surface area contributed by atoms with Crippen LogP contribution in [0.15, 0.2) is 72.3 Å². The fourth-order valence-corrected chi connectivity index (χ4v) is 4.63. The van der Waals surface area contributed by atoms with Gasteiger partial charge in [-0.05, 0) is 67.3 Å². The van der Waals surface area contributed by atoms with E-state index in [1.165, 1.54) is 4.90 Å². The molecule has 1 aliphatic rings. The molecule has 0 saturated carbocycles. The highest BCUT2D eigenvalue weighted by Crippen LogP contribution is 2.41. The van der Waals surface area contributed by atoms with Gasteiger partial charge in [-0.2, -0.15) is 0 Å². The van der Waals surface area contributed by atoms with Crippen LogP contribution in [0.3, 0.4) is 0 Å². The third-order valence-electron chi connectivity index (χ3n) is 6.55. The van der Waals surface area contributed by atoms with Gasteiger partial charge in [0, 0.05) is 12.1 Å². The molecule has 0 aliphatic carbocycles. The summed E-state index contributed by atoms with van der Waals surface area (Å²) < 4.78 is 10.5. The zero-order chi connectivity index (χ0) is 27.4. The van der Waals surface area contributed by atoms with Crippen LogP contribution >= 0.6 is 0 Å². The van der Waals surface area contributed by atoms with Crippen molar-refractivity contribution < 1.29 is 29.0 Å². The van der Waals surface area contributed by atoms with E-state index in [1.807, 2.05) is 45.0 Å². The normalized spacial score (nSPS) is 16.5. The first-order chi connectivity index (χ1) is 18.2. The Bertz CT molecular complexity index is 1410. The van der Waals surface area contributed by atoms with Crippen molar-refractivity contribution in [2.24, 2.45) is 0 Å². The van der Waals surface area contributed by atoms with Crippen LogP contribution in [0.2, 0.25) is 0 Å². The van der Waals surface area contributed by atoms with E-state index in [1.54, 1.807) is 49.6 Å². The Morgan fingerprint density at radius 3 is 2.32 bits per heavy atom. The van der Waals surface area contributed by atoms with Gasteiger partial charge in [-0.3, -0.25) is 9.59 Å². The summed E-state index contributed by atoms with van der Waals surface area (Å²) in [6, 6.07) is 18.6. The molecule has 1 amide bonds. The Labute approximate surface area is 222 Å². The smallest absolute Gasteiger partial charge is 0.338 e. The molecule has 4 rings (SSSR count). The van der Waals surface area contributed by atoms with Gasteiger partial charge < -0.3 is 19.5 Å². The predicted octanol–water partition coefficient (Wildman–Crippen LogP) is 5.50. The molecule has 1 saturated heterocycles. The number of aliphatic hydroxyl groups excluding tert-OH is 1. The third kappa shape index (κ3) is 5.32. The molecule has 7 heteroatoms. The first kappa shape index (κ1) is 26.7. The minimum Gasteiger partial charge on any atom is -0.507 e. The molecule has 0 spiro atoms. The van der Waals surface area contributed by atoms with Gasteiger partial charge in [0.1, 0.15) is 11.5 Å². The summed E-state index contributed by atoms with van der Waals surface area (Å²) in [6.45, 7) is 6.15. The maximum Gasteiger partial charge on any atom is 0.338 e. The molecular weight excluding hydrogens is 482 g/mol. The van der Waals surface area contributed by atoms with Gasteiger partial charge in [0.05, 0.1) is 30.9 Å². The molecule has 1 aliphatic heterocycles. The number of benzene rings is 3. The highest BCUT2D eigenvalue weighted by atomic mass is 16.5. The van der Waals surface area contributed by atoms with Gasteiger partial charge in [-0.15, -0.1) is 0 Å². The number of ether oxygens (including phenoxy) is 2. The molecule has 38 heavy (non-hydrogen) atoms. The second-order valence-corrected chi connectivity index (χ2v) is 9.36. The average molecular weight is 514 g/mol. The third-order valence-corrected chi connectivity index (χ3v) is 6.55. The van der Waals surface area contributed by atoms with Crippen LogP contribution in [-0.4, -0.2) is 41.4 Å². The number of nitrogens with zero attached hydrogens (tertiary/aromatic N) is 1. The topological polar surface area (TPSA) is 93.1 Å². The van der Waals surface area contributed by atoms with E-state index in [0.717, 1.165) is 28.7 Å². The number of aliphatic hydroxyl groups is 1. The van der Waals surface area contributed by atoms with E-state index in [2.05, 4.69) is 0 Å². The standard InChI is InChI=1S/C31H31NO6/c1-5-15-38-31(36)22-11-9-21(10-12-22)18-32-27(23-8-6-7-19(2)16-23)26(29(34)30(32)35)28(33)24-13-14-25(37-4)20(3)17-24/h6-14,16-17,27,33H,5,15,18H2,1-4H3/b28-26-. The molecular formula is C31H31NO6. The van der Waals surface area contributed by atoms with Gasteiger partial charge in [-0.1, -0.05) is 48.9 Å². The van der Waals surface area contributed by atoms with Crippen LogP contribution in [0.25, 0.3) is 5.76 Å². The Hall–Kier alpha value is -4.39. The number of hydrogen-bond acceptors (Lipinski definition) is 6. The molecule has 1 atom stereocenters. The first-order valence-corrected chi connectivity index (χ1v) is 12.5. The van der Waals surface area contributed by atoms with Gasteiger partial charge in [0.15, 0.2) is 0 Å². The fourth-order valence-electron chi connectivity index (χ4n) is 4.63. The molecule has 1 unspecified atom stereocenters. The quantitative estimate of drug-likeness (QED) is 0.185. The number of Topliss-reactive ketones (excluding diaryl/α,β-unsaturated/α-hetero) is 1. The average Bonchev–Trinajstić information content (AvgIpc) is 3.16. The van der Waals surface area contributed by atoms with Crippen molar-refractivity contribution in [2.75, 3.05) is 13.7 Å². The number of hydrogen-bond donors (Lipinski definition) is 1. The lowest BCUT2D eigenvalue weighted by Crippen LogP contribution is -2.29. The Morgan fingerprint density at radius 1 is 0.974 bits per heavy atom. The lowest BCUT2D eigenvalue weighted by molar-refractivity contribution is -0.140. The summed E-state index contributed by atoms with van der Waals surface area (Å²) in [5, 5.41) is 11.3. The second-order valence-electron chi connectivity index (χ2n) is 9.36. The van der Waals surface area contributed by atoms with Crippen molar-refractivity contribution in [1.29, 1.82) is 0 Å². The largest absolute Gasteiger partial charge is 0.507 e. The van der Waals surface area contributed by atoms with E-state index >= 15 is 0 Å². The van der Waals surface area contributed by atoms with Crippen molar-refractivity contribution in [3.8, 4) is 5.75 Å². The van der Waals surface area contributed by atoms with E-state index in [9.17, 15) is 19.5 Å². The van der Waals surface area contributed by atoms with Crippen molar-refractivity contribution in [3.63, 3.8) is 0 Å². The fraction of sp³-hybridized carbons (Fsp3) is 0.258. The minimum atomic E-state index is -0.786. The highest BCUT2D eigenvalue weighted by Gasteiger charge is 2.46. The van der Waals surface area contributed by atoms with Gasteiger partial charge >= 0.3 is 5.97 Å². The summed E-state index contributed by atoms with van der Waals surface area (Å²) in [4.78, 5) is 40.3. The summed E-state index contributed by atoms with van der Waals surface area (Å²) in [5.41, 5.74) is 4.07. The number of rotatable bonds is 8. The number of aryl methyl sites for hydroxylation is 2. The number of ketones is 1. The van der Waals surface area contributed by atoms with Gasteiger partial charge in [-0.25, -0.2) is 4.79 Å². The van der Waals surface area contributed by atoms with E-state index < -0.39 is 23.7 Å². The van der Waals surface area contributed by atoms with Crippen LogP contribution in [-0.2, 0) is 20.9 Å². The van der Waals surface area contributed by atoms with Crippen LogP contribution in [0.4, 0.5) is 0 Å². The van der Waals surface area contributed by atoms with Crippen molar-refractivity contribution in [2.45, 2.75) is 39.8 Å². The maximum absolute atomic E-state index is 13.3. The zero-order valence-corrected chi connectivity index (χ0v) is 22.0. The van der Waals surface area contributed by atoms with E-state index in [0.29, 0.717) is 23.5 Å². The number of likely N-dealkylation sites (tertiary alicyclic amines) is 1. The molecule has 196 valence electrons. The predicted molar refractivity (Wildman–Crippen MR) is 144 cm³/mol. The molecule has 0 radical (unpaired) electrons. The lowest BCUT2D eigenvalue weighted by atomic mass is 9.94. The maximum atomic E-state index is 13.3. The molecule has 3 aromatic carbocycles. The van der Waals surface area contributed by atoms with Crippen LogP contribution in [0.1, 0.15) is 57.6 Å². The second kappa shape index (κ2) is 11.3.